The Morgan fingerprint density at radius 3 is 2.81 bits per heavy atom. The van der Waals surface area contributed by atoms with Crippen LogP contribution in [0.15, 0.2) is 0 Å². The molecule has 1 saturated carbocycles. The van der Waals surface area contributed by atoms with Gasteiger partial charge in [-0.2, -0.15) is 5.26 Å². The summed E-state index contributed by atoms with van der Waals surface area (Å²) in [6, 6.07) is 3.05. The van der Waals surface area contributed by atoms with Crippen molar-refractivity contribution in [2.45, 2.75) is 64.5 Å². The van der Waals surface area contributed by atoms with E-state index < -0.39 is 0 Å². The summed E-state index contributed by atoms with van der Waals surface area (Å²) in [6.07, 6.45) is 5.55. The van der Waals surface area contributed by atoms with Gasteiger partial charge in [-0.3, -0.25) is 10.2 Å². The van der Waals surface area contributed by atoms with Crippen molar-refractivity contribution in [3.8, 4) is 6.07 Å². The molecule has 122 valence electrons. The molecule has 1 aliphatic carbocycles. The maximum atomic E-state index is 9.68. The summed E-state index contributed by atoms with van der Waals surface area (Å²) in [7, 11) is 1.76. The second-order valence-electron chi connectivity index (χ2n) is 6.32. The van der Waals surface area contributed by atoms with Crippen molar-refractivity contribution in [2.75, 3.05) is 33.4 Å². The van der Waals surface area contributed by atoms with Crippen LogP contribution in [-0.2, 0) is 4.74 Å². The van der Waals surface area contributed by atoms with Gasteiger partial charge in [0.05, 0.1) is 12.7 Å². The van der Waals surface area contributed by atoms with Gasteiger partial charge in [0.2, 0.25) is 0 Å². The number of hydrogen-bond donors (Lipinski definition) is 1. The third-order valence-electron chi connectivity index (χ3n) is 4.91. The average Bonchev–Trinajstić information content (AvgIpc) is 2.89. The molecular weight excluding hydrogens is 262 g/mol. The lowest BCUT2D eigenvalue weighted by molar-refractivity contribution is 0.0959. The van der Waals surface area contributed by atoms with E-state index in [1.165, 1.54) is 12.8 Å². The van der Waals surface area contributed by atoms with E-state index >= 15 is 0 Å². The minimum absolute atomic E-state index is 0.278. The van der Waals surface area contributed by atoms with Gasteiger partial charge >= 0.3 is 0 Å². The van der Waals surface area contributed by atoms with Crippen molar-refractivity contribution >= 4 is 0 Å². The van der Waals surface area contributed by atoms with Crippen molar-refractivity contribution in [1.82, 2.24) is 10.2 Å². The van der Waals surface area contributed by atoms with Gasteiger partial charge in [-0.05, 0) is 58.2 Å². The summed E-state index contributed by atoms with van der Waals surface area (Å²) < 4.78 is 5.27. The van der Waals surface area contributed by atoms with Crippen LogP contribution in [0, 0.1) is 17.2 Å². The van der Waals surface area contributed by atoms with Crippen molar-refractivity contribution in [3.63, 3.8) is 0 Å². The van der Waals surface area contributed by atoms with Crippen LogP contribution in [0.3, 0.4) is 0 Å². The van der Waals surface area contributed by atoms with Gasteiger partial charge in [-0.25, -0.2) is 0 Å². The van der Waals surface area contributed by atoms with Crippen molar-refractivity contribution in [1.29, 1.82) is 5.26 Å². The molecule has 3 atom stereocenters. The van der Waals surface area contributed by atoms with Crippen LogP contribution in [0.25, 0.3) is 0 Å². The third kappa shape index (κ3) is 4.95. The Morgan fingerprint density at radius 2 is 2.24 bits per heavy atom. The van der Waals surface area contributed by atoms with E-state index in [4.69, 9.17) is 4.74 Å². The van der Waals surface area contributed by atoms with E-state index in [1.807, 2.05) is 0 Å². The number of nitrogens with zero attached hydrogens (tertiary/aromatic N) is 2. The smallest absolute Gasteiger partial charge is 0.109 e. The highest BCUT2D eigenvalue weighted by atomic mass is 16.5. The fourth-order valence-electron chi connectivity index (χ4n) is 3.59. The van der Waals surface area contributed by atoms with Gasteiger partial charge in [0.15, 0.2) is 0 Å². The monoisotopic (exact) mass is 295 g/mol. The maximum Gasteiger partial charge on any atom is 0.109 e. The molecule has 0 aromatic carbocycles. The van der Waals surface area contributed by atoms with E-state index in [1.54, 1.807) is 7.11 Å². The van der Waals surface area contributed by atoms with Crippen LogP contribution >= 0.6 is 0 Å². The Balaban J connectivity index is 2.57. The zero-order valence-electron chi connectivity index (χ0n) is 14.3. The number of methoxy groups -OCH3 is 1. The first kappa shape index (κ1) is 18.4. The number of rotatable bonds is 10. The lowest BCUT2D eigenvalue weighted by Crippen LogP contribution is -2.48. The van der Waals surface area contributed by atoms with Gasteiger partial charge in [0.25, 0.3) is 0 Å². The number of nitriles is 1. The van der Waals surface area contributed by atoms with Gasteiger partial charge in [0, 0.05) is 13.2 Å². The van der Waals surface area contributed by atoms with E-state index in [0.717, 1.165) is 45.5 Å². The molecule has 0 heterocycles. The zero-order valence-corrected chi connectivity index (χ0v) is 14.3. The van der Waals surface area contributed by atoms with E-state index in [0.29, 0.717) is 12.0 Å². The molecule has 3 unspecified atom stereocenters. The second-order valence-corrected chi connectivity index (χ2v) is 6.32. The van der Waals surface area contributed by atoms with Crippen LogP contribution in [0.5, 0.6) is 0 Å². The van der Waals surface area contributed by atoms with Crippen LogP contribution in [0.4, 0.5) is 0 Å². The van der Waals surface area contributed by atoms with Gasteiger partial charge < -0.3 is 4.74 Å². The molecule has 1 rings (SSSR count). The molecule has 0 radical (unpaired) electrons. The highest BCUT2D eigenvalue weighted by Gasteiger charge is 2.42. The van der Waals surface area contributed by atoms with E-state index in [2.05, 4.69) is 37.1 Å². The summed E-state index contributed by atoms with van der Waals surface area (Å²) in [6.45, 7) is 10.4. The molecule has 21 heavy (non-hydrogen) atoms. The lowest BCUT2D eigenvalue weighted by Gasteiger charge is -2.33. The normalized spacial score (nSPS) is 27.0. The summed E-state index contributed by atoms with van der Waals surface area (Å²) in [5, 5.41) is 13.2. The summed E-state index contributed by atoms with van der Waals surface area (Å²) >= 11 is 0. The Hall–Kier alpha value is -0.630. The Morgan fingerprint density at radius 1 is 1.48 bits per heavy atom. The number of likely N-dealkylation sites (N-methyl/N-ethyl adjacent to an activating group) is 1. The molecule has 0 saturated heterocycles. The first-order valence-corrected chi connectivity index (χ1v) is 8.52. The van der Waals surface area contributed by atoms with Crippen LogP contribution in [-0.4, -0.2) is 49.8 Å². The lowest BCUT2D eigenvalue weighted by atomic mass is 9.85. The number of hydrogen-bond acceptors (Lipinski definition) is 4. The largest absolute Gasteiger partial charge is 0.383 e. The topological polar surface area (TPSA) is 48.3 Å². The molecule has 4 heteroatoms. The molecule has 4 nitrogen and oxygen atoms in total. The quantitative estimate of drug-likeness (QED) is 0.673. The van der Waals surface area contributed by atoms with Crippen molar-refractivity contribution in [3.05, 3.63) is 0 Å². The summed E-state index contributed by atoms with van der Waals surface area (Å²) in [5.41, 5.74) is -0.278. The summed E-state index contributed by atoms with van der Waals surface area (Å²) in [5.74, 6) is 0.484. The molecular formula is C17H33N3O. The molecule has 0 amide bonds. The fraction of sp³-hybridized carbons (Fsp3) is 0.941. The molecule has 0 bridgehead atoms. The molecule has 0 spiro atoms. The molecule has 0 aromatic heterocycles. The van der Waals surface area contributed by atoms with Crippen molar-refractivity contribution < 1.29 is 4.74 Å². The van der Waals surface area contributed by atoms with E-state index in [9.17, 15) is 5.26 Å². The number of nitrogens with one attached hydrogen (secondary N) is 1. The number of ether oxygens (including phenoxy) is 1. The van der Waals surface area contributed by atoms with Gasteiger partial charge in [0.1, 0.15) is 5.54 Å². The van der Waals surface area contributed by atoms with Gasteiger partial charge in [-0.1, -0.05) is 20.3 Å². The molecule has 0 aliphatic heterocycles. The standard InChI is InChI=1S/C17H33N3O/c1-5-11-19-17(14-18)10-7-8-16(17)9-12-20(6-2)15(3)13-21-4/h15-16,19H,5-13H2,1-4H3. The zero-order chi connectivity index (χ0) is 15.7. The van der Waals surface area contributed by atoms with E-state index in [-0.39, 0.29) is 5.54 Å². The van der Waals surface area contributed by atoms with Crippen LogP contribution < -0.4 is 5.32 Å². The predicted octanol–water partition coefficient (Wildman–Crippen LogP) is 2.80. The highest BCUT2D eigenvalue weighted by molar-refractivity contribution is 5.14. The van der Waals surface area contributed by atoms with Crippen molar-refractivity contribution in [2.24, 2.45) is 5.92 Å². The fourth-order valence-corrected chi connectivity index (χ4v) is 3.59. The Bertz CT molecular complexity index is 328. The van der Waals surface area contributed by atoms with Crippen LogP contribution in [0.1, 0.15) is 52.9 Å². The molecule has 0 aromatic rings. The Kier molecular flexibility index (Phi) is 8.24. The molecule has 1 fully saturated rings. The average molecular weight is 295 g/mol. The minimum Gasteiger partial charge on any atom is -0.383 e. The SMILES string of the molecule is CCCNC1(C#N)CCCC1CCN(CC)C(C)COC. The first-order valence-electron chi connectivity index (χ1n) is 8.52. The predicted molar refractivity (Wildman–Crippen MR) is 87.2 cm³/mol. The third-order valence-corrected chi connectivity index (χ3v) is 4.91. The highest BCUT2D eigenvalue weighted by Crippen LogP contribution is 2.37. The van der Waals surface area contributed by atoms with Gasteiger partial charge in [-0.15, -0.1) is 0 Å². The molecule has 1 N–H and O–H groups in total. The Labute approximate surface area is 130 Å². The second kappa shape index (κ2) is 9.40. The maximum absolute atomic E-state index is 9.68. The summed E-state index contributed by atoms with van der Waals surface area (Å²) in [4.78, 5) is 2.46. The van der Waals surface area contributed by atoms with Crippen LogP contribution in [0.2, 0.25) is 0 Å². The first-order chi connectivity index (χ1) is 10.1. The minimum atomic E-state index is -0.278. The molecule has 1 aliphatic rings.